The standard InChI is InChI=1S/C14H20ClNO2/c1-17-14-5-4-12(15)9-11(14)10-16-7-6-13-3-2-8-18-13/h4-5,9,13,16H,2-3,6-8,10H2,1H3. The second-order valence-electron chi connectivity index (χ2n) is 4.56. The van der Waals surface area contributed by atoms with Crippen molar-refractivity contribution < 1.29 is 9.47 Å². The summed E-state index contributed by atoms with van der Waals surface area (Å²) < 4.78 is 10.9. The molecule has 3 nitrogen and oxygen atoms in total. The molecule has 0 bridgehead atoms. The Kier molecular flexibility index (Phi) is 5.29. The van der Waals surface area contributed by atoms with Gasteiger partial charge in [0.25, 0.3) is 0 Å². The van der Waals surface area contributed by atoms with Crippen molar-refractivity contribution in [2.45, 2.75) is 31.9 Å². The summed E-state index contributed by atoms with van der Waals surface area (Å²) in [6.45, 7) is 2.66. The zero-order chi connectivity index (χ0) is 12.8. The molecule has 1 heterocycles. The Morgan fingerprint density at radius 2 is 2.39 bits per heavy atom. The summed E-state index contributed by atoms with van der Waals surface area (Å²) in [5.74, 6) is 0.879. The SMILES string of the molecule is COc1ccc(Cl)cc1CNCCC1CCCO1. The average molecular weight is 270 g/mol. The third-order valence-electron chi connectivity index (χ3n) is 3.22. The number of hydrogen-bond acceptors (Lipinski definition) is 3. The van der Waals surface area contributed by atoms with Gasteiger partial charge in [0.05, 0.1) is 13.2 Å². The number of nitrogens with one attached hydrogen (secondary N) is 1. The minimum atomic E-state index is 0.443. The van der Waals surface area contributed by atoms with Crippen molar-refractivity contribution in [3.63, 3.8) is 0 Å². The quantitative estimate of drug-likeness (QED) is 0.806. The molecule has 1 aliphatic rings. The zero-order valence-electron chi connectivity index (χ0n) is 10.7. The first-order valence-corrected chi connectivity index (χ1v) is 6.82. The van der Waals surface area contributed by atoms with Crippen LogP contribution in [0.25, 0.3) is 0 Å². The zero-order valence-corrected chi connectivity index (χ0v) is 11.5. The molecule has 18 heavy (non-hydrogen) atoms. The van der Waals surface area contributed by atoms with Crippen LogP contribution in [0, 0.1) is 0 Å². The highest BCUT2D eigenvalue weighted by atomic mass is 35.5. The Hall–Kier alpha value is -0.770. The molecule has 2 rings (SSSR count). The molecular formula is C14H20ClNO2. The van der Waals surface area contributed by atoms with Gasteiger partial charge in [-0.05, 0) is 44.0 Å². The molecule has 0 saturated carbocycles. The first-order chi connectivity index (χ1) is 8.79. The predicted molar refractivity (Wildman–Crippen MR) is 73.3 cm³/mol. The predicted octanol–water partition coefficient (Wildman–Crippen LogP) is 3.01. The number of hydrogen-bond donors (Lipinski definition) is 1. The Bertz CT molecular complexity index is 378. The highest BCUT2D eigenvalue weighted by Crippen LogP contribution is 2.22. The van der Waals surface area contributed by atoms with E-state index in [4.69, 9.17) is 21.1 Å². The van der Waals surface area contributed by atoms with Crippen molar-refractivity contribution >= 4 is 11.6 Å². The summed E-state index contributed by atoms with van der Waals surface area (Å²) in [7, 11) is 1.68. The van der Waals surface area contributed by atoms with E-state index in [2.05, 4.69) is 5.32 Å². The molecule has 1 aromatic carbocycles. The maximum atomic E-state index is 5.99. The third kappa shape index (κ3) is 3.87. The minimum absolute atomic E-state index is 0.443. The molecule has 1 fully saturated rings. The molecule has 1 aromatic rings. The van der Waals surface area contributed by atoms with Crippen molar-refractivity contribution in [3.05, 3.63) is 28.8 Å². The van der Waals surface area contributed by atoms with E-state index in [1.54, 1.807) is 7.11 Å². The van der Waals surface area contributed by atoms with Crippen molar-refractivity contribution in [1.29, 1.82) is 0 Å². The highest BCUT2D eigenvalue weighted by molar-refractivity contribution is 6.30. The number of halogens is 1. The lowest BCUT2D eigenvalue weighted by atomic mass is 10.1. The van der Waals surface area contributed by atoms with Gasteiger partial charge in [-0.3, -0.25) is 0 Å². The van der Waals surface area contributed by atoms with Gasteiger partial charge in [-0.15, -0.1) is 0 Å². The molecule has 4 heteroatoms. The molecular weight excluding hydrogens is 250 g/mol. The normalized spacial score (nSPS) is 19.1. The van der Waals surface area contributed by atoms with Gasteiger partial charge in [0.2, 0.25) is 0 Å². The Labute approximate surface area is 113 Å². The van der Waals surface area contributed by atoms with Crippen molar-refractivity contribution in [2.75, 3.05) is 20.3 Å². The molecule has 1 aliphatic heterocycles. The number of methoxy groups -OCH3 is 1. The van der Waals surface area contributed by atoms with Crippen LogP contribution in [-0.2, 0) is 11.3 Å². The lowest BCUT2D eigenvalue weighted by molar-refractivity contribution is 0.104. The fraction of sp³-hybridized carbons (Fsp3) is 0.571. The van der Waals surface area contributed by atoms with Crippen molar-refractivity contribution in [3.8, 4) is 5.75 Å². The summed E-state index contributed by atoms with van der Waals surface area (Å²) >= 11 is 5.99. The van der Waals surface area contributed by atoms with Crippen LogP contribution >= 0.6 is 11.6 Å². The molecule has 0 radical (unpaired) electrons. The van der Waals surface area contributed by atoms with Gasteiger partial charge in [0.1, 0.15) is 5.75 Å². The van der Waals surface area contributed by atoms with Crippen LogP contribution in [0.3, 0.4) is 0 Å². The number of ether oxygens (including phenoxy) is 2. The van der Waals surface area contributed by atoms with E-state index < -0.39 is 0 Å². The summed E-state index contributed by atoms with van der Waals surface area (Å²) in [5.41, 5.74) is 1.09. The van der Waals surface area contributed by atoms with Crippen LogP contribution in [-0.4, -0.2) is 26.4 Å². The molecule has 1 atom stereocenters. The monoisotopic (exact) mass is 269 g/mol. The smallest absolute Gasteiger partial charge is 0.123 e. The summed E-state index contributed by atoms with van der Waals surface area (Å²) in [6.07, 6.45) is 3.91. The van der Waals surface area contributed by atoms with Crippen LogP contribution in [0.5, 0.6) is 5.75 Å². The minimum Gasteiger partial charge on any atom is -0.496 e. The Morgan fingerprint density at radius 1 is 1.50 bits per heavy atom. The van der Waals surface area contributed by atoms with Gasteiger partial charge in [-0.1, -0.05) is 11.6 Å². The largest absolute Gasteiger partial charge is 0.496 e. The Balaban J connectivity index is 1.76. The number of rotatable bonds is 6. The van der Waals surface area contributed by atoms with Crippen LogP contribution in [0.4, 0.5) is 0 Å². The van der Waals surface area contributed by atoms with Gasteiger partial charge in [0.15, 0.2) is 0 Å². The van der Waals surface area contributed by atoms with Crippen molar-refractivity contribution in [1.82, 2.24) is 5.32 Å². The van der Waals surface area contributed by atoms with Crippen LogP contribution in [0.15, 0.2) is 18.2 Å². The van der Waals surface area contributed by atoms with E-state index >= 15 is 0 Å². The van der Waals surface area contributed by atoms with Gasteiger partial charge in [-0.2, -0.15) is 0 Å². The summed E-state index contributed by atoms with van der Waals surface area (Å²) in [6, 6.07) is 5.69. The first kappa shape index (κ1) is 13.7. The molecule has 100 valence electrons. The molecule has 1 N–H and O–H groups in total. The average Bonchev–Trinajstić information content (AvgIpc) is 2.88. The van der Waals surface area contributed by atoms with E-state index in [0.717, 1.165) is 42.5 Å². The van der Waals surface area contributed by atoms with E-state index in [0.29, 0.717) is 6.10 Å². The highest BCUT2D eigenvalue weighted by Gasteiger charge is 2.14. The number of benzene rings is 1. The van der Waals surface area contributed by atoms with Gasteiger partial charge >= 0.3 is 0 Å². The molecule has 0 spiro atoms. The van der Waals surface area contributed by atoms with Crippen LogP contribution in [0.1, 0.15) is 24.8 Å². The van der Waals surface area contributed by atoms with E-state index in [-0.39, 0.29) is 0 Å². The molecule has 1 unspecified atom stereocenters. The summed E-state index contributed by atoms with van der Waals surface area (Å²) in [5, 5.41) is 4.15. The summed E-state index contributed by atoms with van der Waals surface area (Å²) in [4.78, 5) is 0. The lowest BCUT2D eigenvalue weighted by Gasteiger charge is -2.12. The lowest BCUT2D eigenvalue weighted by Crippen LogP contribution is -2.20. The maximum Gasteiger partial charge on any atom is 0.123 e. The Morgan fingerprint density at radius 3 is 3.11 bits per heavy atom. The molecule has 0 amide bonds. The first-order valence-electron chi connectivity index (χ1n) is 6.44. The second kappa shape index (κ2) is 6.98. The second-order valence-corrected chi connectivity index (χ2v) is 4.99. The third-order valence-corrected chi connectivity index (χ3v) is 3.46. The fourth-order valence-corrected chi connectivity index (χ4v) is 2.44. The van der Waals surface area contributed by atoms with Crippen molar-refractivity contribution in [2.24, 2.45) is 0 Å². The maximum absolute atomic E-state index is 5.99. The van der Waals surface area contributed by atoms with E-state index in [1.165, 1.54) is 12.8 Å². The van der Waals surface area contributed by atoms with Crippen LogP contribution < -0.4 is 10.1 Å². The van der Waals surface area contributed by atoms with Crippen LogP contribution in [0.2, 0.25) is 5.02 Å². The fourth-order valence-electron chi connectivity index (χ4n) is 2.24. The molecule has 0 aliphatic carbocycles. The van der Waals surface area contributed by atoms with Gasteiger partial charge in [-0.25, -0.2) is 0 Å². The van der Waals surface area contributed by atoms with E-state index in [9.17, 15) is 0 Å². The van der Waals surface area contributed by atoms with Gasteiger partial charge < -0.3 is 14.8 Å². The topological polar surface area (TPSA) is 30.5 Å². The molecule has 0 aromatic heterocycles. The van der Waals surface area contributed by atoms with Gasteiger partial charge in [0, 0.05) is 23.7 Å². The van der Waals surface area contributed by atoms with E-state index in [1.807, 2.05) is 18.2 Å². The molecule has 1 saturated heterocycles.